The van der Waals surface area contributed by atoms with Crippen molar-refractivity contribution in [3.05, 3.63) is 21.9 Å². The van der Waals surface area contributed by atoms with Crippen molar-refractivity contribution in [3.8, 4) is 0 Å². The fraction of sp³-hybridized carbons (Fsp3) is 0.500. The lowest BCUT2D eigenvalue weighted by Gasteiger charge is -2.22. The number of aromatic amines is 2. The number of nitrogens with one attached hydrogen (secondary N) is 2. The predicted molar refractivity (Wildman–Crippen MR) is 153 cm³/mol. The Hall–Kier alpha value is -2.53. The highest BCUT2D eigenvalue weighted by Gasteiger charge is 2.45. The summed E-state index contributed by atoms with van der Waals surface area (Å²) in [6.45, 7) is -4.62. The van der Waals surface area contributed by atoms with Gasteiger partial charge in [-0.3, -0.25) is 9.13 Å². The smallest absolute Gasteiger partial charge is 0.324 e. The number of nitrogen functional groups attached to an aromatic ring is 2. The van der Waals surface area contributed by atoms with Crippen LogP contribution in [0.2, 0.25) is 0 Å². The molecule has 4 aromatic heterocycles. The fourth-order valence-electron chi connectivity index (χ4n) is 4.79. The molecule has 2 fully saturated rings. The van der Waals surface area contributed by atoms with Crippen LogP contribution in [0.3, 0.4) is 0 Å². The van der Waals surface area contributed by atoms with Crippen LogP contribution < -0.4 is 11.5 Å². The highest BCUT2D eigenvalue weighted by atomic mass is 32.5. The molecule has 226 valence electrons. The van der Waals surface area contributed by atoms with Crippen molar-refractivity contribution in [1.82, 2.24) is 39.0 Å². The third-order valence-corrected chi connectivity index (χ3v) is 9.00. The van der Waals surface area contributed by atoms with Gasteiger partial charge in [0.25, 0.3) is 0 Å². The van der Waals surface area contributed by atoms with Gasteiger partial charge in [0.2, 0.25) is 11.9 Å². The van der Waals surface area contributed by atoms with Crippen LogP contribution in [-0.4, -0.2) is 103 Å². The summed E-state index contributed by atoms with van der Waals surface area (Å²) in [6, 6.07) is 0. The number of nitrogens with zero attached hydrogens (tertiary/aromatic N) is 6. The summed E-state index contributed by atoms with van der Waals surface area (Å²) in [4.78, 5) is 32.8. The Morgan fingerprint density at radius 1 is 0.905 bits per heavy atom. The van der Waals surface area contributed by atoms with Gasteiger partial charge < -0.3 is 60.2 Å². The Balaban J connectivity index is 1.07. The van der Waals surface area contributed by atoms with Crippen LogP contribution in [0.5, 0.6) is 0 Å². The van der Waals surface area contributed by atoms with E-state index in [2.05, 4.69) is 29.9 Å². The number of hydrogen-bond acceptors (Lipinski definition) is 16. The molecule has 2 aliphatic rings. The molecule has 6 heterocycles. The van der Waals surface area contributed by atoms with E-state index in [4.69, 9.17) is 66.2 Å². The molecular weight excluding hydrogens is 635 g/mol. The van der Waals surface area contributed by atoms with Crippen molar-refractivity contribution in [2.24, 2.45) is 0 Å². The molecule has 0 aliphatic carbocycles. The number of hydrogen-bond donors (Lipinski definition) is 8. The zero-order valence-electron chi connectivity index (χ0n) is 21.2. The van der Waals surface area contributed by atoms with Gasteiger partial charge in [-0.25, -0.2) is 9.97 Å². The van der Waals surface area contributed by atoms with Gasteiger partial charge in [0, 0.05) is 6.42 Å². The van der Waals surface area contributed by atoms with E-state index >= 15 is 0 Å². The van der Waals surface area contributed by atoms with E-state index in [0.717, 1.165) is 0 Å². The zero-order valence-corrected chi connectivity index (χ0v) is 24.6. The maximum absolute atomic E-state index is 10.7. The van der Waals surface area contributed by atoms with E-state index in [9.17, 15) is 20.2 Å². The number of anilines is 2. The van der Waals surface area contributed by atoms with Crippen molar-refractivity contribution in [3.63, 3.8) is 0 Å². The van der Waals surface area contributed by atoms with Gasteiger partial charge >= 0.3 is 6.72 Å². The van der Waals surface area contributed by atoms with Crippen LogP contribution in [-0.2, 0) is 30.3 Å². The molecule has 4 aromatic rings. The minimum atomic E-state index is -3.90. The molecule has 10 N–H and O–H groups in total. The molecule has 18 nitrogen and oxygen atoms in total. The van der Waals surface area contributed by atoms with Crippen molar-refractivity contribution in [1.29, 1.82) is 0 Å². The maximum Gasteiger partial charge on any atom is 0.324 e. The third kappa shape index (κ3) is 5.47. The van der Waals surface area contributed by atoms with Crippen LogP contribution in [0.1, 0.15) is 18.9 Å². The van der Waals surface area contributed by atoms with Crippen LogP contribution in [0, 0.1) is 9.28 Å². The van der Waals surface area contributed by atoms with Gasteiger partial charge in [-0.15, -0.1) is 0 Å². The lowest BCUT2D eigenvalue weighted by Crippen LogP contribution is -2.33. The van der Waals surface area contributed by atoms with Crippen LogP contribution in [0.4, 0.5) is 11.9 Å². The van der Waals surface area contributed by atoms with Gasteiger partial charge in [0.1, 0.15) is 51.0 Å². The van der Waals surface area contributed by atoms with Crippen LogP contribution in [0.25, 0.3) is 22.3 Å². The molecule has 22 heteroatoms. The lowest BCUT2D eigenvalue weighted by molar-refractivity contribution is -0.0549. The van der Waals surface area contributed by atoms with Gasteiger partial charge in [-0.1, -0.05) is 24.4 Å². The van der Waals surface area contributed by atoms with Crippen molar-refractivity contribution >= 4 is 77.2 Å². The molecule has 0 amide bonds. The highest BCUT2D eigenvalue weighted by Crippen LogP contribution is 2.46. The van der Waals surface area contributed by atoms with Crippen molar-refractivity contribution in [2.75, 3.05) is 24.7 Å². The van der Waals surface area contributed by atoms with Crippen molar-refractivity contribution in [2.45, 2.75) is 49.4 Å². The van der Waals surface area contributed by atoms with Crippen LogP contribution in [0.15, 0.2) is 12.7 Å². The van der Waals surface area contributed by atoms with Gasteiger partial charge in [0.15, 0.2) is 17.5 Å². The second kappa shape index (κ2) is 11.2. The first kappa shape index (κ1) is 29.5. The number of aliphatic hydroxyl groups is 3. The molecule has 2 saturated heterocycles. The summed E-state index contributed by atoms with van der Waals surface area (Å²) >= 11 is 15.5. The Bertz CT molecular complexity index is 1810. The number of aromatic nitrogens is 8. The fourth-order valence-corrected chi connectivity index (χ4v) is 6.40. The highest BCUT2D eigenvalue weighted by molar-refractivity contribution is 8.07. The van der Waals surface area contributed by atoms with Crippen molar-refractivity contribution < 1.29 is 38.7 Å². The van der Waals surface area contributed by atoms with E-state index in [0.29, 0.717) is 21.3 Å². The first-order valence-corrected chi connectivity index (χ1v) is 15.7. The van der Waals surface area contributed by atoms with E-state index in [1.54, 1.807) is 4.57 Å². The summed E-state index contributed by atoms with van der Waals surface area (Å²) in [5.41, 5.74) is 12.9. The molecule has 0 saturated carbocycles. The van der Waals surface area contributed by atoms with Gasteiger partial charge in [-0.2, -0.15) is 9.97 Å². The predicted octanol–water partition coefficient (Wildman–Crippen LogP) is -0.327. The topological polar surface area (TPSA) is 263 Å². The standard InChI is InChI=1S/C20H25N10O8PS3/c21-19-25-14-10(16(40)27-19)23-4-29(14)9-1-6(31)7(37-9)2-35-39(34,42)36-3-8-12(32)13(33)18(38-8)30-5-24-11-15(30)26-20(22)28-17(11)41/h4-9,12-13,18,31-33H,1-3H2,(H,34,42)(H3,21,25,27,40)(H3,22,26,28,41)/t6-,7-,8-,9-,12+,13+,18-,39?/m1/s1. The minimum absolute atomic E-state index is 0.0342. The molecule has 1 unspecified atom stereocenters. The third-order valence-electron chi connectivity index (χ3n) is 6.83. The number of H-pyrrole nitrogens is 2. The first-order valence-electron chi connectivity index (χ1n) is 12.3. The molecule has 0 aromatic carbocycles. The van der Waals surface area contributed by atoms with Gasteiger partial charge in [0.05, 0.1) is 32.0 Å². The largest absolute Gasteiger partial charge is 0.390 e. The van der Waals surface area contributed by atoms with Gasteiger partial charge in [-0.05, 0) is 11.8 Å². The average Bonchev–Trinajstić information content (AvgIpc) is 3.68. The molecule has 2 aliphatic heterocycles. The zero-order chi connectivity index (χ0) is 29.9. The number of rotatable bonds is 8. The van der Waals surface area contributed by atoms with E-state index in [-0.39, 0.29) is 35.2 Å². The number of fused-ring (bicyclic) bond motifs is 2. The maximum atomic E-state index is 10.7. The number of imidazole rings is 2. The molecule has 42 heavy (non-hydrogen) atoms. The molecule has 8 atom stereocenters. The first-order chi connectivity index (χ1) is 19.9. The lowest BCUT2D eigenvalue weighted by atomic mass is 10.1. The summed E-state index contributed by atoms with van der Waals surface area (Å²) in [5.74, 6) is 0.136. The summed E-state index contributed by atoms with van der Waals surface area (Å²) < 4.78 is 26.0. The quantitative estimate of drug-likeness (QED) is 0.0888. The van der Waals surface area contributed by atoms with Crippen LogP contribution >= 0.6 is 31.2 Å². The molecule has 0 spiro atoms. The Kier molecular flexibility index (Phi) is 7.87. The molecule has 0 radical (unpaired) electrons. The Labute approximate surface area is 250 Å². The number of ether oxygens (including phenoxy) is 2. The van der Waals surface area contributed by atoms with E-state index < -0.39 is 56.3 Å². The monoisotopic (exact) mass is 660 g/mol. The molecule has 6 rings (SSSR count). The Morgan fingerprint density at radius 2 is 1.45 bits per heavy atom. The Morgan fingerprint density at radius 3 is 2.07 bits per heavy atom. The molecular formula is C20H25N10O8PS3. The van der Waals surface area contributed by atoms with E-state index in [1.807, 2.05) is 0 Å². The second-order valence-corrected chi connectivity index (χ2v) is 13.2. The number of nitrogens with two attached hydrogens (primary N) is 2. The minimum Gasteiger partial charge on any atom is -0.390 e. The SMILES string of the molecule is Nc1nc2c(ncn2[C@@H]2O[C@H](COP(O)(=S)OC[C@H]3O[C@@H](n4cnc5c(=S)[nH]c(N)nc54)C[C@H]3O)[C@H](O)[C@@H]2O)c(=S)[nH]1. The summed E-state index contributed by atoms with van der Waals surface area (Å²) in [5, 5.41) is 31.8. The summed E-state index contributed by atoms with van der Waals surface area (Å²) in [7, 11) is 0. The summed E-state index contributed by atoms with van der Waals surface area (Å²) in [6.07, 6.45) is -4.58. The average molecular weight is 661 g/mol. The normalized spacial score (nSPS) is 29.5. The molecule has 0 bridgehead atoms. The second-order valence-electron chi connectivity index (χ2n) is 9.59. The van der Waals surface area contributed by atoms with E-state index in [1.165, 1.54) is 17.2 Å². The number of aliphatic hydroxyl groups excluding tert-OH is 3.